The Bertz CT molecular complexity index is 878. The molecule has 2 aromatic rings. The van der Waals surface area contributed by atoms with Crippen molar-refractivity contribution in [3.63, 3.8) is 0 Å². The molecule has 2 aliphatic rings. The molecule has 4 rings (SSSR count). The van der Waals surface area contributed by atoms with E-state index in [0.717, 1.165) is 30.5 Å². The van der Waals surface area contributed by atoms with Gasteiger partial charge in [-0.2, -0.15) is 0 Å². The Morgan fingerprint density at radius 2 is 2.00 bits per heavy atom. The molecule has 0 aliphatic heterocycles. The van der Waals surface area contributed by atoms with E-state index in [1.807, 2.05) is 12.1 Å². The molecule has 1 unspecified atom stereocenters. The average Bonchev–Trinajstić information content (AvgIpc) is 3.37. The fourth-order valence-electron chi connectivity index (χ4n) is 3.67. The van der Waals surface area contributed by atoms with Gasteiger partial charge >= 0.3 is 0 Å². The molecule has 1 heterocycles. The van der Waals surface area contributed by atoms with Crippen LogP contribution in [-0.2, 0) is 12.8 Å². The second-order valence-corrected chi connectivity index (χ2v) is 8.50. The summed E-state index contributed by atoms with van der Waals surface area (Å²) in [4.78, 5) is 24.7. The van der Waals surface area contributed by atoms with E-state index in [0.29, 0.717) is 29.7 Å². The smallest absolute Gasteiger partial charge is 0.253 e. The van der Waals surface area contributed by atoms with Crippen molar-refractivity contribution >= 4 is 11.7 Å². The fourth-order valence-corrected chi connectivity index (χ4v) is 3.67. The van der Waals surface area contributed by atoms with Crippen molar-refractivity contribution in [1.82, 2.24) is 10.5 Å². The molecule has 1 fully saturated rings. The maximum absolute atomic E-state index is 12.5. The van der Waals surface area contributed by atoms with Gasteiger partial charge in [0.05, 0.1) is 11.3 Å². The number of hydrogen-bond donors (Lipinski definition) is 2. The van der Waals surface area contributed by atoms with E-state index in [1.165, 1.54) is 0 Å². The number of aromatic nitrogens is 1. The molecule has 0 radical (unpaired) electrons. The van der Waals surface area contributed by atoms with Crippen LogP contribution < -0.4 is 5.32 Å². The Hall–Kier alpha value is -2.47. The normalized spacial score (nSPS) is 19.4. The van der Waals surface area contributed by atoms with Crippen LogP contribution in [0.25, 0.3) is 0 Å². The zero-order valence-corrected chi connectivity index (χ0v) is 15.6. The molecule has 2 N–H and O–H groups in total. The first-order valence-corrected chi connectivity index (χ1v) is 9.41. The lowest BCUT2D eigenvalue weighted by Crippen LogP contribution is -2.36. The summed E-state index contributed by atoms with van der Waals surface area (Å²) in [6.07, 6.45) is 2.83. The van der Waals surface area contributed by atoms with Crippen LogP contribution in [0.15, 0.2) is 28.8 Å². The Morgan fingerprint density at radius 1 is 1.30 bits per heavy atom. The molecule has 1 saturated carbocycles. The molecule has 1 aromatic heterocycles. The lowest BCUT2D eigenvalue weighted by Gasteiger charge is -2.26. The maximum atomic E-state index is 12.5. The highest BCUT2D eigenvalue weighted by Crippen LogP contribution is 2.36. The number of aliphatic hydroxyl groups is 1. The summed E-state index contributed by atoms with van der Waals surface area (Å²) in [5.74, 6) is 0.582. The summed E-state index contributed by atoms with van der Waals surface area (Å²) in [5.41, 5.74) is 2.72. The summed E-state index contributed by atoms with van der Waals surface area (Å²) in [5, 5.41) is 16.6. The van der Waals surface area contributed by atoms with Crippen molar-refractivity contribution in [3.8, 4) is 0 Å². The molecule has 1 atom stereocenters. The van der Waals surface area contributed by atoms with Crippen molar-refractivity contribution in [2.75, 3.05) is 0 Å². The number of ketones is 1. The molecular formula is C21H24N2O4. The highest BCUT2D eigenvalue weighted by molar-refractivity contribution is 5.99. The van der Waals surface area contributed by atoms with Gasteiger partial charge in [0.15, 0.2) is 11.5 Å². The Morgan fingerprint density at radius 3 is 2.67 bits per heavy atom. The molecule has 0 saturated heterocycles. The van der Waals surface area contributed by atoms with Gasteiger partial charge in [0.1, 0.15) is 6.23 Å². The zero-order valence-electron chi connectivity index (χ0n) is 15.6. The molecule has 1 amide bonds. The van der Waals surface area contributed by atoms with E-state index in [9.17, 15) is 14.7 Å². The first-order valence-electron chi connectivity index (χ1n) is 9.41. The number of amides is 1. The van der Waals surface area contributed by atoms with Crippen LogP contribution in [0.4, 0.5) is 0 Å². The number of benzene rings is 1. The topological polar surface area (TPSA) is 92.4 Å². The number of Topliss-reactive ketones (excluding diaryl/α,β-unsaturated/α-hetero) is 1. The predicted molar refractivity (Wildman–Crippen MR) is 98.4 cm³/mol. The predicted octanol–water partition coefficient (Wildman–Crippen LogP) is 2.88. The standard InChI is InChI=1S/C21H24N2O4/c1-21(2)10-15-18(16(24)11-21)17(27-23-15)9-12-3-5-13(6-4-12)19(25)22-20(26)14-7-8-14/h3-6,14,20,26H,7-11H2,1-2H3,(H,22,25). The number of nitrogens with zero attached hydrogens (tertiary/aromatic N) is 1. The van der Waals surface area contributed by atoms with Crippen LogP contribution in [0.1, 0.15) is 70.8 Å². The van der Waals surface area contributed by atoms with Crippen LogP contribution in [-0.4, -0.2) is 28.2 Å². The molecule has 1 aromatic carbocycles. The molecule has 6 heteroatoms. The van der Waals surface area contributed by atoms with E-state index in [1.54, 1.807) is 12.1 Å². The van der Waals surface area contributed by atoms with Gasteiger partial charge < -0.3 is 14.9 Å². The van der Waals surface area contributed by atoms with Gasteiger partial charge in [-0.1, -0.05) is 31.1 Å². The van der Waals surface area contributed by atoms with Crippen molar-refractivity contribution in [2.45, 2.75) is 52.2 Å². The SMILES string of the molecule is CC1(C)CC(=O)c2c(noc2Cc2ccc(C(=O)NC(O)C3CC3)cc2)C1. The second-order valence-electron chi connectivity index (χ2n) is 8.50. The Balaban J connectivity index is 1.46. The van der Waals surface area contributed by atoms with E-state index in [-0.39, 0.29) is 23.0 Å². The first kappa shape index (κ1) is 17.9. The summed E-state index contributed by atoms with van der Waals surface area (Å²) < 4.78 is 5.47. The summed E-state index contributed by atoms with van der Waals surface area (Å²) in [6.45, 7) is 4.12. The second kappa shape index (κ2) is 6.60. The van der Waals surface area contributed by atoms with Crippen LogP contribution in [0.2, 0.25) is 0 Å². The first-order chi connectivity index (χ1) is 12.8. The molecule has 6 nitrogen and oxygen atoms in total. The molecule has 0 bridgehead atoms. The molecule has 27 heavy (non-hydrogen) atoms. The van der Waals surface area contributed by atoms with Gasteiger partial charge in [0.2, 0.25) is 0 Å². The van der Waals surface area contributed by atoms with Crippen molar-refractivity contribution < 1.29 is 19.2 Å². The number of aliphatic hydroxyl groups excluding tert-OH is 1. The minimum absolute atomic E-state index is 0.0851. The Labute approximate surface area is 157 Å². The van der Waals surface area contributed by atoms with Gasteiger partial charge in [-0.25, -0.2) is 0 Å². The highest BCUT2D eigenvalue weighted by Gasteiger charge is 2.36. The number of carbonyl (C=O) groups is 2. The minimum Gasteiger partial charge on any atom is -0.373 e. The van der Waals surface area contributed by atoms with Gasteiger partial charge in [-0.15, -0.1) is 0 Å². The summed E-state index contributed by atoms with van der Waals surface area (Å²) in [6, 6.07) is 7.12. The number of fused-ring (bicyclic) bond motifs is 1. The number of hydrogen-bond acceptors (Lipinski definition) is 5. The number of carbonyl (C=O) groups excluding carboxylic acids is 2. The van der Waals surface area contributed by atoms with Gasteiger partial charge in [-0.05, 0) is 42.4 Å². The molecule has 0 spiro atoms. The van der Waals surface area contributed by atoms with Gasteiger partial charge in [0.25, 0.3) is 5.91 Å². The van der Waals surface area contributed by atoms with Crippen molar-refractivity contribution in [2.24, 2.45) is 11.3 Å². The molecule has 142 valence electrons. The van der Waals surface area contributed by atoms with Crippen LogP contribution >= 0.6 is 0 Å². The van der Waals surface area contributed by atoms with Crippen molar-refractivity contribution in [3.05, 3.63) is 52.4 Å². The monoisotopic (exact) mass is 368 g/mol. The lowest BCUT2D eigenvalue weighted by atomic mass is 9.75. The van der Waals surface area contributed by atoms with Gasteiger partial charge in [0, 0.05) is 24.3 Å². The Kier molecular flexibility index (Phi) is 4.38. The van der Waals surface area contributed by atoms with E-state index in [2.05, 4.69) is 24.3 Å². The summed E-state index contributed by atoms with van der Waals surface area (Å²) >= 11 is 0. The largest absolute Gasteiger partial charge is 0.373 e. The van der Waals surface area contributed by atoms with E-state index >= 15 is 0 Å². The molecular weight excluding hydrogens is 344 g/mol. The van der Waals surface area contributed by atoms with E-state index < -0.39 is 6.23 Å². The van der Waals surface area contributed by atoms with Crippen LogP contribution in [0.3, 0.4) is 0 Å². The minimum atomic E-state index is -0.770. The quantitative estimate of drug-likeness (QED) is 0.792. The third-order valence-electron chi connectivity index (χ3n) is 5.33. The lowest BCUT2D eigenvalue weighted by molar-refractivity contribution is 0.0729. The highest BCUT2D eigenvalue weighted by atomic mass is 16.5. The average molecular weight is 368 g/mol. The third-order valence-corrected chi connectivity index (χ3v) is 5.33. The van der Waals surface area contributed by atoms with Crippen LogP contribution in [0.5, 0.6) is 0 Å². The number of nitrogens with one attached hydrogen (secondary N) is 1. The van der Waals surface area contributed by atoms with Crippen LogP contribution in [0, 0.1) is 11.3 Å². The van der Waals surface area contributed by atoms with E-state index in [4.69, 9.17) is 4.52 Å². The zero-order chi connectivity index (χ0) is 19.2. The van der Waals surface area contributed by atoms with Crippen molar-refractivity contribution in [1.29, 1.82) is 0 Å². The fraction of sp³-hybridized carbons (Fsp3) is 0.476. The molecule has 2 aliphatic carbocycles. The van der Waals surface area contributed by atoms with Gasteiger partial charge in [-0.3, -0.25) is 9.59 Å². The maximum Gasteiger partial charge on any atom is 0.253 e. The third kappa shape index (κ3) is 3.81. The number of rotatable bonds is 5. The summed E-state index contributed by atoms with van der Waals surface area (Å²) in [7, 11) is 0.